The summed E-state index contributed by atoms with van der Waals surface area (Å²) in [6.45, 7) is 2.52. The van der Waals surface area contributed by atoms with Crippen molar-refractivity contribution in [2.45, 2.75) is 32.6 Å². The molecule has 102 valence electrons. The van der Waals surface area contributed by atoms with Crippen LogP contribution in [0.25, 0.3) is 0 Å². The number of aryl methyl sites for hydroxylation is 1. The minimum Gasteiger partial charge on any atom is -0.364 e. The van der Waals surface area contributed by atoms with E-state index in [-0.39, 0.29) is 16.9 Å². The van der Waals surface area contributed by atoms with E-state index >= 15 is 0 Å². The Hall–Kier alpha value is -1.58. The number of hydrogen-bond donors (Lipinski definition) is 2. The number of aromatic amines is 1. The number of fused-ring (bicyclic) bond motifs is 2. The lowest BCUT2D eigenvalue weighted by Crippen LogP contribution is -2.34. The molecule has 0 saturated heterocycles. The first kappa shape index (κ1) is 12.5. The number of pyridine rings is 1. The van der Waals surface area contributed by atoms with Gasteiger partial charge in [0.2, 0.25) is 0 Å². The molecule has 0 aliphatic heterocycles. The number of nitrogens with one attached hydrogen (secondary N) is 2. The fourth-order valence-corrected chi connectivity index (χ4v) is 3.70. The van der Waals surface area contributed by atoms with E-state index in [0.29, 0.717) is 12.5 Å². The van der Waals surface area contributed by atoms with Crippen molar-refractivity contribution < 1.29 is 4.79 Å². The molecule has 2 bridgehead atoms. The van der Waals surface area contributed by atoms with Gasteiger partial charge in [-0.25, -0.2) is 0 Å². The third kappa shape index (κ3) is 2.44. The molecule has 2 N–H and O–H groups in total. The van der Waals surface area contributed by atoms with Crippen LogP contribution in [0, 0.1) is 24.7 Å². The smallest absolute Gasteiger partial charge is 0.256 e. The van der Waals surface area contributed by atoms with E-state index in [0.717, 1.165) is 17.5 Å². The van der Waals surface area contributed by atoms with Crippen molar-refractivity contribution in [2.24, 2.45) is 17.8 Å². The second-order valence-corrected chi connectivity index (χ2v) is 6.04. The highest BCUT2D eigenvalue weighted by Crippen LogP contribution is 2.47. The number of hydrogen-bond acceptors (Lipinski definition) is 2. The van der Waals surface area contributed by atoms with E-state index in [9.17, 15) is 9.59 Å². The number of carbonyl (C=O) groups is 1. The molecule has 0 radical (unpaired) electrons. The Morgan fingerprint density at radius 3 is 2.89 bits per heavy atom. The number of aromatic nitrogens is 1. The first-order valence-corrected chi connectivity index (χ1v) is 7.11. The minimum absolute atomic E-state index is 0.207. The van der Waals surface area contributed by atoms with Crippen LogP contribution < -0.4 is 10.7 Å². The van der Waals surface area contributed by atoms with E-state index in [4.69, 9.17) is 0 Å². The first-order valence-electron chi connectivity index (χ1n) is 7.11. The molecule has 0 aromatic carbocycles. The van der Waals surface area contributed by atoms with E-state index in [1.807, 2.05) is 0 Å². The second kappa shape index (κ2) is 4.83. The molecule has 2 aliphatic carbocycles. The van der Waals surface area contributed by atoms with E-state index < -0.39 is 0 Å². The normalized spacial score (nSPS) is 28.6. The molecule has 4 nitrogen and oxygen atoms in total. The fourth-order valence-electron chi connectivity index (χ4n) is 3.70. The predicted molar refractivity (Wildman–Crippen MR) is 73.1 cm³/mol. The Labute approximate surface area is 112 Å². The zero-order chi connectivity index (χ0) is 13.4. The molecule has 2 fully saturated rings. The molecule has 1 heterocycles. The van der Waals surface area contributed by atoms with Crippen molar-refractivity contribution in [2.75, 3.05) is 6.54 Å². The van der Waals surface area contributed by atoms with Crippen LogP contribution in [-0.4, -0.2) is 17.4 Å². The van der Waals surface area contributed by atoms with Crippen molar-refractivity contribution in [3.8, 4) is 0 Å². The second-order valence-electron chi connectivity index (χ2n) is 6.04. The number of H-pyrrole nitrogens is 1. The monoisotopic (exact) mass is 260 g/mol. The van der Waals surface area contributed by atoms with E-state index in [2.05, 4.69) is 10.3 Å². The molecule has 3 rings (SSSR count). The Balaban J connectivity index is 1.61. The molecule has 1 aromatic rings. The molecule has 19 heavy (non-hydrogen) atoms. The summed E-state index contributed by atoms with van der Waals surface area (Å²) in [5, 5.41) is 2.93. The maximum Gasteiger partial charge on any atom is 0.256 e. The number of carbonyl (C=O) groups excluding carboxylic acids is 1. The average Bonchev–Trinajstić information content (AvgIpc) is 2.98. The summed E-state index contributed by atoms with van der Waals surface area (Å²) in [6.07, 6.45) is 6.78. The molecule has 2 aliphatic rings. The van der Waals surface area contributed by atoms with Gasteiger partial charge >= 0.3 is 0 Å². The molecule has 1 aromatic heterocycles. The molecule has 1 amide bonds. The molecule has 4 heteroatoms. The van der Waals surface area contributed by atoms with Crippen LogP contribution in [0.15, 0.2) is 17.1 Å². The number of amides is 1. The highest BCUT2D eigenvalue weighted by atomic mass is 16.2. The lowest BCUT2D eigenvalue weighted by atomic mass is 9.89. The summed E-state index contributed by atoms with van der Waals surface area (Å²) in [5.41, 5.74) is 0.783. The molecule has 0 spiro atoms. The van der Waals surface area contributed by atoms with Crippen molar-refractivity contribution in [3.63, 3.8) is 0 Å². The summed E-state index contributed by atoms with van der Waals surface area (Å²) in [4.78, 5) is 26.6. The minimum atomic E-state index is -0.246. The van der Waals surface area contributed by atoms with Gasteiger partial charge in [0.15, 0.2) is 5.43 Å². The summed E-state index contributed by atoms with van der Waals surface area (Å²) in [5.74, 6) is 2.05. The van der Waals surface area contributed by atoms with Gasteiger partial charge in [-0.2, -0.15) is 0 Å². The van der Waals surface area contributed by atoms with Gasteiger partial charge < -0.3 is 10.3 Å². The van der Waals surface area contributed by atoms with Crippen LogP contribution in [0.4, 0.5) is 0 Å². The topological polar surface area (TPSA) is 62.0 Å². The van der Waals surface area contributed by atoms with Crippen molar-refractivity contribution >= 4 is 5.91 Å². The van der Waals surface area contributed by atoms with Gasteiger partial charge in [0.05, 0.1) is 0 Å². The van der Waals surface area contributed by atoms with Gasteiger partial charge in [0, 0.05) is 24.5 Å². The Morgan fingerprint density at radius 1 is 1.42 bits per heavy atom. The Kier molecular flexibility index (Phi) is 3.17. The number of rotatable bonds is 3. The van der Waals surface area contributed by atoms with Gasteiger partial charge in [0.25, 0.3) is 5.91 Å². The molecule has 3 atom stereocenters. The fraction of sp³-hybridized carbons (Fsp3) is 0.600. The molecule has 3 unspecified atom stereocenters. The van der Waals surface area contributed by atoms with E-state index in [1.165, 1.54) is 37.9 Å². The lowest BCUT2D eigenvalue weighted by Gasteiger charge is -2.21. The van der Waals surface area contributed by atoms with Crippen LogP contribution in [0.3, 0.4) is 0 Å². The van der Waals surface area contributed by atoms with Crippen LogP contribution in [0.2, 0.25) is 0 Å². The largest absolute Gasteiger partial charge is 0.364 e. The highest BCUT2D eigenvalue weighted by Gasteiger charge is 2.39. The van der Waals surface area contributed by atoms with Gasteiger partial charge in [0.1, 0.15) is 5.56 Å². The predicted octanol–water partition coefficient (Wildman–Crippen LogP) is 1.85. The zero-order valence-electron chi connectivity index (χ0n) is 11.2. The van der Waals surface area contributed by atoms with Crippen LogP contribution in [0.5, 0.6) is 0 Å². The Morgan fingerprint density at radius 2 is 2.26 bits per heavy atom. The molecular weight excluding hydrogens is 240 g/mol. The van der Waals surface area contributed by atoms with Crippen LogP contribution in [0.1, 0.15) is 41.7 Å². The highest BCUT2D eigenvalue weighted by molar-refractivity contribution is 5.93. The third-order valence-corrected chi connectivity index (χ3v) is 4.71. The van der Waals surface area contributed by atoms with Crippen LogP contribution in [-0.2, 0) is 0 Å². The maximum atomic E-state index is 12.0. The van der Waals surface area contributed by atoms with Crippen molar-refractivity contribution in [1.82, 2.24) is 10.3 Å². The quantitative estimate of drug-likeness (QED) is 0.871. The summed E-state index contributed by atoms with van der Waals surface area (Å²) >= 11 is 0. The summed E-state index contributed by atoms with van der Waals surface area (Å²) in [7, 11) is 0. The lowest BCUT2D eigenvalue weighted by molar-refractivity contribution is 0.0940. The van der Waals surface area contributed by atoms with Gasteiger partial charge in [-0.3, -0.25) is 9.59 Å². The van der Waals surface area contributed by atoms with E-state index in [1.54, 1.807) is 6.92 Å². The van der Waals surface area contributed by atoms with Crippen LogP contribution >= 0.6 is 0 Å². The summed E-state index contributed by atoms with van der Waals surface area (Å²) in [6, 6.07) is 1.46. The SMILES string of the molecule is Cc1cc(=O)c(C(=O)NCC2CC3CCC2C3)c[nH]1. The third-order valence-electron chi connectivity index (χ3n) is 4.71. The standard InChI is InChI=1S/C15H20N2O2/c1-9-4-14(18)13(8-16-9)15(19)17-7-12-6-10-2-3-11(12)5-10/h4,8,10-12H,2-3,5-7H2,1H3,(H,16,18)(H,17,19). The first-order chi connectivity index (χ1) is 9.13. The maximum absolute atomic E-state index is 12.0. The van der Waals surface area contributed by atoms with Gasteiger partial charge in [-0.05, 0) is 43.9 Å². The van der Waals surface area contributed by atoms with Gasteiger partial charge in [-0.1, -0.05) is 6.42 Å². The Bertz CT molecular complexity index is 549. The zero-order valence-corrected chi connectivity index (χ0v) is 11.2. The summed E-state index contributed by atoms with van der Waals surface area (Å²) < 4.78 is 0. The van der Waals surface area contributed by atoms with Gasteiger partial charge in [-0.15, -0.1) is 0 Å². The average molecular weight is 260 g/mol. The van der Waals surface area contributed by atoms with Crippen molar-refractivity contribution in [3.05, 3.63) is 33.7 Å². The molecule has 2 saturated carbocycles. The molecular formula is C15H20N2O2. The van der Waals surface area contributed by atoms with Crippen molar-refractivity contribution in [1.29, 1.82) is 0 Å².